The Labute approximate surface area is 92.2 Å². The van der Waals surface area contributed by atoms with E-state index in [2.05, 4.69) is 13.5 Å². The lowest BCUT2D eigenvalue weighted by atomic mass is 9.94. The summed E-state index contributed by atoms with van der Waals surface area (Å²) in [5.41, 5.74) is 0. The lowest BCUT2D eigenvalue weighted by Crippen LogP contribution is -2.38. The number of amides is 1. The number of halogens is 1. The Kier molecular flexibility index (Phi) is 7.01. The van der Waals surface area contributed by atoms with Crippen molar-refractivity contribution in [3.8, 4) is 0 Å². The van der Waals surface area contributed by atoms with Gasteiger partial charge in [0.25, 0.3) is 5.91 Å². The third-order valence-corrected chi connectivity index (χ3v) is 2.71. The van der Waals surface area contributed by atoms with Gasteiger partial charge < -0.3 is 4.90 Å². The minimum absolute atomic E-state index is 0.533. The largest absolute Gasteiger partial charge is 0.337 e. The quantitative estimate of drug-likeness (QED) is 0.648. The SMILES string of the molecule is C=C(F)C(=O)N1CCC(CC)CC1.CC. The Balaban J connectivity index is 0.000000921. The standard InChI is InChI=1S/C10H16FNO.C2H6/c1-3-9-4-6-12(7-5-9)10(13)8(2)11;1-2/h9H,2-7H2,1H3;1-2H3. The summed E-state index contributed by atoms with van der Waals surface area (Å²) in [6, 6.07) is 0. The Bertz CT molecular complexity index is 208. The molecule has 1 amide bonds. The van der Waals surface area contributed by atoms with Gasteiger partial charge in [0.1, 0.15) is 0 Å². The normalized spacial score (nSPS) is 16.7. The molecule has 0 aromatic heterocycles. The van der Waals surface area contributed by atoms with Gasteiger partial charge in [0.15, 0.2) is 5.83 Å². The third kappa shape index (κ3) is 4.45. The molecule has 3 heteroatoms. The molecule has 2 nitrogen and oxygen atoms in total. The zero-order chi connectivity index (χ0) is 11.8. The topological polar surface area (TPSA) is 20.3 Å². The highest BCUT2D eigenvalue weighted by molar-refractivity contribution is 5.90. The van der Waals surface area contributed by atoms with E-state index in [0.29, 0.717) is 19.0 Å². The van der Waals surface area contributed by atoms with E-state index in [1.807, 2.05) is 13.8 Å². The maximum absolute atomic E-state index is 12.5. The molecule has 1 saturated heterocycles. The Morgan fingerprint density at radius 1 is 1.40 bits per heavy atom. The van der Waals surface area contributed by atoms with Crippen LogP contribution in [0.1, 0.15) is 40.0 Å². The molecule has 1 heterocycles. The molecule has 0 N–H and O–H groups in total. The number of likely N-dealkylation sites (tertiary alicyclic amines) is 1. The molecule has 0 aromatic carbocycles. The predicted molar refractivity (Wildman–Crippen MR) is 61.2 cm³/mol. The van der Waals surface area contributed by atoms with E-state index in [-0.39, 0.29) is 0 Å². The molecular formula is C12H22FNO. The minimum atomic E-state index is -0.838. The van der Waals surface area contributed by atoms with Crippen LogP contribution in [-0.2, 0) is 4.79 Å². The van der Waals surface area contributed by atoms with Crippen LogP contribution in [0.3, 0.4) is 0 Å². The van der Waals surface area contributed by atoms with E-state index in [1.165, 1.54) is 0 Å². The van der Waals surface area contributed by atoms with Crippen molar-refractivity contribution in [1.82, 2.24) is 4.90 Å². The van der Waals surface area contributed by atoms with Gasteiger partial charge in [0.05, 0.1) is 0 Å². The average molecular weight is 215 g/mol. The van der Waals surface area contributed by atoms with Gasteiger partial charge in [-0.2, -0.15) is 0 Å². The molecule has 1 rings (SSSR count). The molecule has 0 atom stereocenters. The number of piperidine rings is 1. The average Bonchev–Trinajstić information content (AvgIpc) is 2.31. The summed E-state index contributed by atoms with van der Waals surface area (Å²) in [5.74, 6) is -0.665. The predicted octanol–water partition coefficient (Wildman–Crippen LogP) is 3.14. The van der Waals surface area contributed by atoms with Crippen molar-refractivity contribution < 1.29 is 9.18 Å². The Morgan fingerprint density at radius 2 is 1.87 bits per heavy atom. The van der Waals surface area contributed by atoms with Crippen LogP contribution in [-0.4, -0.2) is 23.9 Å². The zero-order valence-corrected chi connectivity index (χ0v) is 10.1. The first-order valence-electron chi connectivity index (χ1n) is 5.78. The van der Waals surface area contributed by atoms with Gasteiger partial charge in [-0.25, -0.2) is 4.39 Å². The van der Waals surface area contributed by atoms with Gasteiger partial charge in [-0.15, -0.1) is 0 Å². The molecule has 1 aliphatic heterocycles. The highest BCUT2D eigenvalue weighted by atomic mass is 19.1. The second-order valence-electron chi connectivity index (χ2n) is 3.55. The van der Waals surface area contributed by atoms with Crippen LogP contribution in [0, 0.1) is 5.92 Å². The monoisotopic (exact) mass is 215 g/mol. The summed E-state index contributed by atoms with van der Waals surface area (Å²) in [5, 5.41) is 0. The van der Waals surface area contributed by atoms with Gasteiger partial charge in [-0.1, -0.05) is 33.8 Å². The molecule has 0 aromatic rings. The van der Waals surface area contributed by atoms with Crippen molar-refractivity contribution in [2.24, 2.45) is 5.92 Å². The van der Waals surface area contributed by atoms with Crippen molar-refractivity contribution in [2.75, 3.05) is 13.1 Å². The summed E-state index contributed by atoms with van der Waals surface area (Å²) in [4.78, 5) is 12.7. The summed E-state index contributed by atoms with van der Waals surface area (Å²) in [7, 11) is 0. The zero-order valence-electron chi connectivity index (χ0n) is 10.1. The van der Waals surface area contributed by atoms with Crippen molar-refractivity contribution in [3.63, 3.8) is 0 Å². The maximum Gasteiger partial charge on any atom is 0.281 e. The summed E-state index contributed by atoms with van der Waals surface area (Å²) < 4.78 is 12.5. The lowest BCUT2D eigenvalue weighted by molar-refractivity contribution is -0.130. The molecule has 1 aliphatic rings. The van der Waals surface area contributed by atoms with Crippen LogP contribution in [0.5, 0.6) is 0 Å². The van der Waals surface area contributed by atoms with Crippen LogP contribution in [0.4, 0.5) is 4.39 Å². The summed E-state index contributed by atoms with van der Waals surface area (Å²) in [6.45, 7) is 10.5. The molecule has 0 unspecified atom stereocenters. The van der Waals surface area contributed by atoms with E-state index < -0.39 is 11.7 Å². The number of hydrogen-bond acceptors (Lipinski definition) is 1. The van der Waals surface area contributed by atoms with Crippen LogP contribution < -0.4 is 0 Å². The Hall–Kier alpha value is -0.860. The first-order chi connectivity index (χ1) is 7.15. The van der Waals surface area contributed by atoms with E-state index in [0.717, 1.165) is 19.3 Å². The van der Waals surface area contributed by atoms with E-state index >= 15 is 0 Å². The molecule has 0 bridgehead atoms. The second kappa shape index (κ2) is 7.43. The highest BCUT2D eigenvalue weighted by Crippen LogP contribution is 2.20. The van der Waals surface area contributed by atoms with E-state index in [1.54, 1.807) is 4.90 Å². The molecular weight excluding hydrogens is 193 g/mol. The molecule has 0 aliphatic carbocycles. The van der Waals surface area contributed by atoms with Gasteiger partial charge >= 0.3 is 0 Å². The van der Waals surface area contributed by atoms with Crippen molar-refractivity contribution in [1.29, 1.82) is 0 Å². The first-order valence-corrected chi connectivity index (χ1v) is 5.78. The van der Waals surface area contributed by atoms with Crippen LogP contribution >= 0.6 is 0 Å². The molecule has 0 radical (unpaired) electrons. The third-order valence-electron chi connectivity index (χ3n) is 2.71. The number of carbonyl (C=O) groups excluding carboxylic acids is 1. The second-order valence-corrected chi connectivity index (χ2v) is 3.55. The minimum Gasteiger partial charge on any atom is -0.337 e. The molecule has 0 saturated carbocycles. The van der Waals surface area contributed by atoms with E-state index in [4.69, 9.17) is 0 Å². The van der Waals surface area contributed by atoms with Gasteiger partial charge in [-0.05, 0) is 18.8 Å². The molecule has 1 fully saturated rings. The Morgan fingerprint density at radius 3 is 2.20 bits per heavy atom. The van der Waals surface area contributed by atoms with Gasteiger partial charge in [0.2, 0.25) is 0 Å². The number of hydrogen-bond donors (Lipinski definition) is 0. The smallest absolute Gasteiger partial charge is 0.281 e. The summed E-state index contributed by atoms with van der Waals surface area (Å²) >= 11 is 0. The van der Waals surface area contributed by atoms with E-state index in [9.17, 15) is 9.18 Å². The van der Waals surface area contributed by atoms with Crippen molar-refractivity contribution in [3.05, 3.63) is 12.4 Å². The fraction of sp³-hybridized carbons (Fsp3) is 0.750. The number of rotatable bonds is 2. The van der Waals surface area contributed by atoms with Gasteiger partial charge in [-0.3, -0.25) is 4.79 Å². The van der Waals surface area contributed by atoms with Crippen molar-refractivity contribution >= 4 is 5.91 Å². The number of nitrogens with zero attached hydrogens (tertiary/aromatic N) is 1. The molecule has 0 spiro atoms. The molecule has 88 valence electrons. The maximum atomic E-state index is 12.5. The number of carbonyl (C=O) groups is 1. The van der Waals surface area contributed by atoms with Crippen LogP contribution in [0.2, 0.25) is 0 Å². The van der Waals surface area contributed by atoms with Crippen molar-refractivity contribution in [2.45, 2.75) is 40.0 Å². The molecule has 15 heavy (non-hydrogen) atoms. The lowest BCUT2D eigenvalue weighted by Gasteiger charge is -2.30. The highest BCUT2D eigenvalue weighted by Gasteiger charge is 2.22. The fourth-order valence-electron chi connectivity index (χ4n) is 1.72. The van der Waals surface area contributed by atoms with Gasteiger partial charge in [0, 0.05) is 13.1 Å². The first kappa shape index (κ1) is 14.1. The van der Waals surface area contributed by atoms with Crippen LogP contribution in [0.25, 0.3) is 0 Å². The van der Waals surface area contributed by atoms with Crippen LogP contribution in [0.15, 0.2) is 12.4 Å². The fourth-order valence-corrected chi connectivity index (χ4v) is 1.72. The summed E-state index contributed by atoms with van der Waals surface area (Å²) in [6.07, 6.45) is 3.14.